The molecular weight excluding hydrogens is 348 g/mol. The minimum atomic E-state index is -0.719. The molecule has 8 heteroatoms. The number of carbonyl (C=O) groups excluding carboxylic acids is 2. The summed E-state index contributed by atoms with van der Waals surface area (Å²) in [5, 5.41) is 19.0. The maximum Gasteiger partial charge on any atom is 0.319 e. The van der Waals surface area contributed by atoms with Gasteiger partial charge in [-0.2, -0.15) is 0 Å². The number of nitrogens with one attached hydrogen (secondary N) is 3. The van der Waals surface area contributed by atoms with Gasteiger partial charge < -0.3 is 16.0 Å². The van der Waals surface area contributed by atoms with Gasteiger partial charge in [-0.15, -0.1) is 0 Å². The van der Waals surface area contributed by atoms with Crippen LogP contribution in [-0.2, 0) is 4.79 Å². The van der Waals surface area contributed by atoms with E-state index in [0.29, 0.717) is 22.5 Å². The van der Waals surface area contributed by atoms with E-state index in [0.717, 1.165) is 5.56 Å². The number of hydrogen-bond acceptors (Lipinski definition) is 4. The van der Waals surface area contributed by atoms with Crippen molar-refractivity contribution >= 4 is 23.3 Å². The first-order chi connectivity index (χ1) is 12.9. The quantitative estimate of drug-likeness (QED) is 0.570. The molecule has 0 saturated heterocycles. The summed E-state index contributed by atoms with van der Waals surface area (Å²) in [6.45, 7) is 3.52. The Labute approximate surface area is 155 Å². The number of allylic oxidation sites excluding steroid dienone is 1. The van der Waals surface area contributed by atoms with Crippen LogP contribution in [-0.4, -0.2) is 16.9 Å². The average molecular weight is 366 g/mol. The molecule has 138 valence electrons. The van der Waals surface area contributed by atoms with E-state index in [1.54, 1.807) is 13.0 Å². The first-order valence-electron chi connectivity index (χ1n) is 8.26. The van der Waals surface area contributed by atoms with Gasteiger partial charge in [-0.25, -0.2) is 4.79 Å². The zero-order valence-corrected chi connectivity index (χ0v) is 14.8. The Morgan fingerprint density at radius 1 is 1.11 bits per heavy atom. The summed E-state index contributed by atoms with van der Waals surface area (Å²) in [7, 11) is 0. The number of rotatable bonds is 4. The van der Waals surface area contributed by atoms with Gasteiger partial charge in [-0.1, -0.05) is 18.2 Å². The van der Waals surface area contributed by atoms with Gasteiger partial charge in [0.1, 0.15) is 0 Å². The second-order valence-corrected chi connectivity index (χ2v) is 6.19. The van der Waals surface area contributed by atoms with Gasteiger partial charge in [0.05, 0.1) is 16.5 Å². The maximum absolute atomic E-state index is 12.9. The predicted molar refractivity (Wildman–Crippen MR) is 100 cm³/mol. The Bertz CT molecular complexity index is 950. The third-order valence-corrected chi connectivity index (χ3v) is 4.34. The molecule has 1 aliphatic heterocycles. The van der Waals surface area contributed by atoms with Gasteiger partial charge in [0.25, 0.3) is 11.6 Å². The van der Waals surface area contributed by atoms with Crippen molar-refractivity contribution in [2.75, 3.05) is 5.32 Å². The molecule has 3 amide bonds. The number of carbonyl (C=O) groups is 2. The molecule has 1 atom stereocenters. The van der Waals surface area contributed by atoms with Crippen LogP contribution in [0.1, 0.15) is 24.1 Å². The van der Waals surface area contributed by atoms with Crippen molar-refractivity contribution in [1.29, 1.82) is 0 Å². The fourth-order valence-corrected chi connectivity index (χ4v) is 2.94. The van der Waals surface area contributed by atoms with Crippen molar-refractivity contribution in [2.24, 2.45) is 0 Å². The third kappa shape index (κ3) is 3.79. The molecule has 0 aliphatic carbocycles. The van der Waals surface area contributed by atoms with Gasteiger partial charge in [0.15, 0.2) is 0 Å². The van der Waals surface area contributed by atoms with Crippen LogP contribution in [0.15, 0.2) is 59.8 Å². The van der Waals surface area contributed by atoms with E-state index < -0.39 is 17.0 Å². The van der Waals surface area contributed by atoms with Crippen LogP contribution in [0, 0.1) is 17.0 Å². The summed E-state index contributed by atoms with van der Waals surface area (Å²) in [6.07, 6.45) is 0. The first-order valence-corrected chi connectivity index (χ1v) is 8.26. The fraction of sp³-hybridized carbons (Fsp3) is 0.158. The van der Waals surface area contributed by atoms with Crippen LogP contribution in [0.25, 0.3) is 0 Å². The molecule has 1 unspecified atom stereocenters. The summed E-state index contributed by atoms with van der Waals surface area (Å²) < 4.78 is 0. The van der Waals surface area contributed by atoms with Gasteiger partial charge in [-0.05, 0) is 43.2 Å². The zero-order valence-electron chi connectivity index (χ0n) is 14.8. The van der Waals surface area contributed by atoms with Crippen molar-refractivity contribution in [3.05, 3.63) is 81.0 Å². The number of anilines is 1. The molecule has 1 heterocycles. The minimum Gasteiger partial charge on any atom is -0.327 e. The number of benzene rings is 2. The average Bonchev–Trinajstić information content (AvgIpc) is 2.63. The highest BCUT2D eigenvalue weighted by atomic mass is 16.6. The largest absolute Gasteiger partial charge is 0.327 e. The zero-order chi connectivity index (χ0) is 19.6. The second kappa shape index (κ2) is 7.28. The molecular formula is C19H18N4O4. The summed E-state index contributed by atoms with van der Waals surface area (Å²) in [5.74, 6) is -0.363. The number of amides is 3. The van der Waals surface area contributed by atoms with E-state index >= 15 is 0 Å². The number of hydrogen-bond donors (Lipinski definition) is 3. The van der Waals surface area contributed by atoms with Crippen LogP contribution >= 0.6 is 0 Å². The van der Waals surface area contributed by atoms with Crippen LogP contribution in [0.4, 0.5) is 16.2 Å². The van der Waals surface area contributed by atoms with Gasteiger partial charge >= 0.3 is 6.03 Å². The Morgan fingerprint density at radius 2 is 1.78 bits per heavy atom. The van der Waals surface area contributed by atoms with Crippen molar-refractivity contribution in [1.82, 2.24) is 10.6 Å². The van der Waals surface area contributed by atoms with E-state index in [1.165, 1.54) is 24.3 Å². The lowest BCUT2D eigenvalue weighted by Crippen LogP contribution is -2.46. The first kappa shape index (κ1) is 18.1. The highest BCUT2D eigenvalue weighted by Gasteiger charge is 2.31. The van der Waals surface area contributed by atoms with Crippen LogP contribution < -0.4 is 16.0 Å². The Kier molecular flexibility index (Phi) is 4.89. The smallest absolute Gasteiger partial charge is 0.319 e. The normalized spacial score (nSPS) is 16.4. The molecule has 3 N–H and O–H groups in total. The van der Waals surface area contributed by atoms with Crippen molar-refractivity contribution in [3.63, 3.8) is 0 Å². The van der Waals surface area contributed by atoms with Crippen molar-refractivity contribution in [2.45, 2.75) is 19.9 Å². The predicted octanol–water partition coefficient (Wildman–Crippen LogP) is 3.17. The van der Waals surface area contributed by atoms with Crippen molar-refractivity contribution in [3.8, 4) is 0 Å². The van der Waals surface area contributed by atoms with E-state index in [4.69, 9.17) is 0 Å². The Hall–Kier alpha value is -3.68. The number of nitro groups is 1. The second-order valence-electron chi connectivity index (χ2n) is 6.19. The third-order valence-electron chi connectivity index (χ3n) is 4.34. The molecule has 0 saturated carbocycles. The minimum absolute atomic E-state index is 0.0642. The summed E-state index contributed by atoms with van der Waals surface area (Å²) >= 11 is 0. The number of nitro benzene ring substituents is 1. The Balaban J connectivity index is 1.95. The number of urea groups is 1. The molecule has 8 nitrogen and oxygen atoms in total. The number of nitrogens with zero attached hydrogens (tertiary/aromatic N) is 1. The van der Waals surface area contributed by atoms with Gasteiger partial charge in [0.2, 0.25) is 0 Å². The van der Waals surface area contributed by atoms with E-state index in [2.05, 4.69) is 16.0 Å². The maximum atomic E-state index is 12.9. The standard InChI is InChI=1S/C19H18N4O4/c1-11-5-3-4-6-15(11)21-18(24)16-12(2)20-19(25)22-17(16)13-7-9-14(10-8-13)23(26)27/h3-10,17H,1-2H3,(H,21,24)(H2,20,22,25). The highest BCUT2D eigenvalue weighted by molar-refractivity contribution is 6.07. The molecule has 3 rings (SSSR count). The molecule has 0 bridgehead atoms. The van der Waals surface area contributed by atoms with Gasteiger partial charge in [-0.3, -0.25) is 14.9 Å². The molecule has 2 aromatic carbocycles. The SMILES string of the molecule is CC1=C(C(=O)Nc2ccccc2C)C(c2ccc([N+](=O)[O-])cc2)NC(=O)N1. The van der Waals surface area contributed by atoms with Crippen LogP contribution in [0.3, 0.4) is 0 Å². The molecule has 2 aromatic rings. The Morgan fingerprint density at radius 3 is 2.41 bits per heavy atom. The highest BCUT2D eigenvalue weighted by Crippen LogP contribution is 2.29. The summed E-state index contributed by atoms with van der Waals surface area (Å²) in [6, 6.07) is 11.9. The van der Waals surface area contributed by atoms with E-state index in [-0.39, 0.29) is 11.6 Å². The fourth-order valence-electron chi connectivity index (χ4n) is 2.94. The number of non-ortho nitro benzene ring substituents is 1. The topological polar surface area (TPSA) is 113 Å². The van der Waals surface area contributed by atoms with Crippen LogP contribution in [0.2, 0.25) is 0 Å². The number of aryl methyl sites for hydroxylation is 1. The molecule has 0 spiro atoms. The lowest BCUT2D eigenvalue weighted by Gasteiger charge is -2.28. The monoisotopic (exact) mass is 366 g/mol. The molecule has 0 radical (unpaired) electrons. The number of para-hydroxylation sites is 1. The molecule has 0 fully saturated rings. The lowest BCUT2D eigenvalue weighted by atomic mass is 9.94. The lowest BCUT2D eigenvalue weighted by molar-refractivity contribution is -0.384. The van der Waals surface area contributed by atoms with Crippen molar-refractivity contribution < 1.29 is 14.5 Å². The van der Waals surface area contributed by atoms with Gasteiger partial charge in [0, 0.05) is 23.5 Å². The van der Waals surface area contributed by atoms with E-state index in [1.807, 2.05) is 25.1 Å². The molecule has 27 heavy (non-hydrogen) atoms. The molecule has 0 aromatic heterocycles. The summed E-state index contributed by atoms with van der Waals surface area (Å²) in [4.78, 5) is 35.2. The van der Waals surface area contributed by atoms with E-state index in [9.17, 15) is 19.7 Å². The summed E-state index contributed by atoms with van der Waals surface area (Å²) in [5.41, 5.74) is 2.85. The molecule has 1 aliphatic rings. The van der Waals surface area contributed by atoms with Crippen LogP contribution in [0.5, 0.6) is 0 Å².